The zero-order valence-electron chi connectivity index (χ0n) is 23.8. The van der Waals surface area contributed by atoms with Gasteiger partial charge in [-0.1, -0.05) is 35.3 Å². The number of benzene rings is 2. The third-order valence-electron chi connectivity index (χ3n) is 7.19. The summed E-state index contributed by atoms with van der Waals surface area (Å²) in [4.78, 5) is 37.7. The van der Waals surface area contributed by atoms with Gasteiger partial charge in [-0.3, -0.25) is 10.1 Å². The first kappa shape index (κ1) is 31.3. The summed E-state index contributed by atoms with van der Waals surface area (Å²) < 4.78 is 6.08. The van der Waals surface area contributed by atoms with Crippen LogP contribution in [0, 0.1) is 5.92 Å². The fourth-order valence-electron chi connectivity index (χ4n) is 4.98. The van der Waals surface area contributed by atoms with E-state index in [-0.39, 0.29) is 11.1 Å². The average Bonchev–Trinajstić information content (AvgIpc) is 3.74. The van der Waals surface area contributed by atoms with Crippen molar-refractivity contribution in [3.05, 3.63) is 82.4 Å². The number of tetrazole rings is 1. The van der Waals surface area contributed by atoms with Crippen LogP contribution in [0.3, 0.4) is 0 Å². The molecule has 2 aromatic heterocycles. The summed E-state index contributed by atoms with van der Waals surface area (Å²) in [5, 5.41) is 35.3. The lowest BCUT2D eigenvalue weighted by Gasteiger charge is -2.21. The molecule has 0 saturated carbocycles. The van der Waals surface area contributed by atoms with Crippen LogP contribution in [-0.4, -0.2) is 78.7 Å². The van der Waals surface area contributed by atoms with E-state index in [9.17, 15) is 19.5 Å². The third kappa shape index (κ3) is 7.91. The molecule has 2 aromatic carbocycles. The van der Waals surface area contributed by atoms with E-state index < -0.39 is 24.1 Å². The first-order valence-electron chi connectivity index (χ1n) is 13.7. The predicted octanol–water partition coefficient (Wildman–Crippen LogP) is 4.87. The van der Waals surface area contributed by atoms with Gasteiger partial charge in [-0.15, -0.1) is 10.2 Å². The number of anilines is 1. The van der Waals surface area contributed by atoms with Gasteiger partial charge in [-0.25, -0.2) is 9.59 Å². The van der Waals surface area contributed by atoms with Crippen molar-refractivity contribution in [1.29, 1.82) is 0 Å². The molecule has 16 heteroatoms. The zero-order chi connectivity index (χ0) is 31.9. The van der Waals surface area contributed by atoms with Gasteiger partial charge in [0.15, 0.2) is 5.15 Å². The zero-order valence-corrected chi connectivity index (χ0v) is 25.3. The molecule has 5 rings (SSSR count). The molecular weight excluding hydrogens is 625 g/mol. The van der Waals surface area contributed by atoms with Gasteiger partial charge in [0, 0.05) is 41.0 Å². The number of carboxylic acid groups (broad SMARTS) is 1. The lowest BCUT2D eigenvalue weighted by atomic mass is 9.95. The fraction of sp³-hybridized carbons (Fsp3) is 0.241. The van der Waals surface area contributed by atoms with E-state index in [2.05, 4.69) is 41.1 Å². The molecule has 3 heterocycles. The molecule has 2 unspecified atom stereocenters. The van der Waals surface area contributed by atoms with Crippen molar-refractivity contribution in [2.45, 2.75) is 18.9 Å². The summed E-state index contributed by atoms with van der Waals surface area (Å²) in [5.41, 5.74) is 3.45. The second-order valence-corrected chi connectivity index (χ2v) is 10.9. The van der Waals surface area contributed by atoms with E-state index in [1.165, 1.54) is 29.1 Å². The largest absolute Gasteiger partial charge is 0.465 e. The normalized spacial score (nSPS) is 15.2. The number of aromatic nitrogens is 6. The van der Waals surface area contributed by atoms with E-state index in [1.807, 2.05) is 0 Å². The van der Waals surface area contributed by atoms with Crippen molar-refractivity contribution < 1.29 is 24.2 Å². The van der Waals surface area contributed by atoms with Gasteiger partial charge in [0.05, 0.1) is 24.5 Å². The highest BCUT2D eigenvalue weighted by Gasteiger charge is 2.30. The minimum absolute atomic E-state index is 0.0284. The molecule has 45 heavy (non-hydrogen) atoms. The van der Waals surface area contributed by atoms with E-state index in [1.54, 1.807) is 54.6 Å². The highest BCUT2D eigenvalue weighted by Crippen LogP contribution is 2.32. The standard InChI is InChI=1S/C29H27Cl2N9O5/c1-45-28(42)33-21-6-2-18(3-7-21)22-14-24(35-36-27(22)31)23(12-17-10-11-39(15-17)29(43)44)34-26(41)9-4-19-13-20(30)5-8-25(19)40-16-32-37-38-40/h2-9,13-14,16-17,23H,10-12,15H2,1H3,(H,33,42)(H,34,41)(H,43,44). The highest BCUT2D eigenvalue weighted by atomic mass is 35.5. The topological polar surface area (TPSA) is 177 Å². The molecule has 1 aliphatic rings. The van der Waals surface area contributed by atoms with E-state index in [0.29, 0.717) is 64.7 Å². The van der Waals surface area contributed by atoms with E-state index in [0.717, 1.165) is 0 Å². The Morgan fingerprint density at radius 1 is 1.13 bits per heavy atom. The Balaban J connectivity index is 1.41. The molecule has 14 nitrogen and oxygen atoms in total. The summed E-state index contributed by atoms with van der Waals surface area (Å²) in [7, 11) is 1.27. The minimum atomic E-state index is -0.986. The molecule has 1 aliphatic heterocycles. The molecule has 0 spiro atoms. The van der Waals surface area contributed by atoms with Gasteiger partial charge in [0.1, 0.15) is 6.33 Å². The Kier molecular flexibility index (Phi) is 9.85. The summed E-state index contributed by atoms with van der Waals surface area (Å²) in [6.45, 7) is 0.733. The average molecular weight is 652 g/mol. The molecule has 3 amide bonds. The van der Waals surface area contributed by atoms with Crippen molar-refractivity contribution in [1.82, 2.24) is 40.6 Å². The second-order valence-electron chi connectivity index (χ2n) is 10.1. The number of carbonyl (C=O) groups is 3. The van der Waals surface area contributed by atoms with Gasteiger partial charge in [0.25, 0.3) is 0 Å². The van der Waals surface area contributed by atoms with Crippen LogP contribution in [0.2, 0.25) is 10.2 Å². The Hall–Kier alpha value is -5.08. The number of nitrogens with zero attached hydrogens (tertiary/aromatic N) is 7. The van der Waals surface area contributed by atoms with Crippen LogP contribution in [0.15, 0.2) is 60.9 Å². The minimum Gasteiger partial charge on any atom is -0.465 e. The predicted molar refractivity (Wildman–Crippen MR) is 165 cm³/mol. The maximum atomic E-state index is 13.3. The molecule has 232 valence electrons. The number of hydrogen-bond donors (Lipinski definition) is 3. The van der Waals surface area contributed by atoms with Gasteiger partial charge in [-0.05, 0) is 77.2 Å². The van der Waals surface area contributed by atoms with Gasteiger partial charge in [0.2, 0.25) is 5.91 Å². The summed E-state index contributed by atoms with van der Waals surface area (Å²) in [5.74, 6) is -0.452. The van der Waals surface area contributed by atoms with Crippen LogP contribution in [0.25, 0.3) is 22.9 Å². The second kappa shape index (κ2) is 14.1. The van der Waals surface area contributed by atoms with Gasteiger partial charge < -0.3 is 20.1 Å². The maximum Gasteiger partial charge on any atom is 0.411 e. The van der Waals surface area contributed by atoms with Crippen molar-refractivity contribution in [3.8, 4) is 16.8 Å². The van der Waals surface area contributed by atoms with Crippen molar-refractivity contribution in [2.75, 3.05) is 25.5 Å². The number of methoxy groups -OCH3 is 1. The lowest BCUT2D eigenvalue weighted by molar-refractivity contribution is -0.117. The SMILES string of the molecule is COC(=O)Nc1ccc(-c2cc(C(CC3CCN(C(=O)O)C3)NC(=O)C=Cc3cc(Cl)ccc3-n3cnnn3)nnc2Cl)cc1. The Bertz CT molecular complexity index is 1720. The molecule has 0 radical (unpaired) electrons. The van der Waals surface area contributed by atoms with Crippen LogP contribution < -0.4 is 10.6 Å². The van der Waals surface area contributed by atoms with Crippen molar-refractivity contribution in [3.63, 3.8) is 0 Å². The Morgan fingerprint density at radius 3 is 2.62 bits per heavy atom. The number of amides is 3. The fourth-order valence-corrected chi connectivity index (χ4v) is 5.36. The molecule has 0 aliphatic carbocycles. The van der Waals surface area contributed by atoms with Crippen LogP contribution >= 0.6 is 23.2 Å². The molecule has 4 aromatic rings. The number of likely N-dealkylation sites (tertiary alicyclic amines) is 1. The first-order chi connectivity index (χ1) is 21.7. The molecule has 0 bridgehead atoms. The molecular formula is C29H27Cl2N9O5. The number of halogens is 2. The van der Waals surface area contributed by atoms with E-state index in [4.69, 9.17) is 23.2 Å². The smallest absolute Gasteiger partial charge is 0.411 e. The van der Waals surface area contributed by atoms with Crippen LogP contribution in [-0.2, 0) is 9.53 Å². The number of ether oxygens (including phenoxy) is 1. The van der Waals surface area contributed by atoms with Crippen LogP contribution in [0.5, 0.6) is 0 Å². The van der Waals surface area contributed by atoms with Crippen LogP contribution in [0.1, 0.15) is 30.1 Å². The summed E-state index contributed by atoms with van der Waals surface area (Å²) >= 11 is 12.7. The lowest BCUT2D eigenvalue weighted by Crippen LogP contribution is -2.31. The quantitative estimate of drug-likeness (QED) is 0.212. The maximum absolute atomic E-state index is 13.3. The molecule has 2 atom stereocenters. The van der Waals surface area contributed by atoms with Gasteiger partial charge in [-0.2, -0.15) is 9.78 Å². The highest BCUT2D eigenvalue weighted by molar-refractivity contribution is 6.32. The number of carbonyl (C=O) groups excluding carboxylic acids is 2. The Morgan fingerprint density at radius 2 is 1.93 bits per heavy atom. The molecule has 1 saturated heterocycles. The third-order valence-corrected chi connectivity index (χ3v) is 7.71. The van der Waals surface area contributed by atoms with Crippen molar-refractivity contribution >= 4 is 53.1 Å². The number of nitrogens with one attached hydrogen (secondary N) is 2. The number of rotatable bonds is 9. The first-order valence-corrected chi connectivity index (χ1v) is 14.4. The Labute approximate surface area is 267 Å². The molecule has 3 N–H and O–H groups in total. The summed E-state index contributed by atoms with van der Waals surface area (Å²) in [6, 6.07) is 13.1. The van der Waals surface area contributed by atoms with Gasteiger partial charge >= 0.3 is 12.2 Å². The van der Waals surface area contributed by atoms with Crippen molar-refractivity contribution in [2.24, 2.45) is 5.92 Å². The summed E-state index contributed by atoms with van der Waals surface area (Å²) in [6.07, 6.45) is 3.85. The van der Waals surface area contributed by atoms with Crippen LogP contribution in [0.4, 0.5) is 15.3 Å². The number of hydrogen-bond acceptors (Lipinski definition) is 9. The molecule has 1 fully saturated rings. The van der Waals surface area contributed by atoms with E-state index >= 15 is 0 Å². The monoisotopic (exact) mass is 651 g/mol.